The Morgan fingerprint density at radius 2 is 1.88 bits per heavy atom. The Hall–Kier alpha value is -0.830. The molecule has 1 heterocycles. The van der Waals surface area contributed by atoms with E-state index in [0.29, 0.717) is 0 Å². The molecule has 0 aliphatic rings. The second kappa shape index (κ2) is 4.45. The molecular weight excluding hydrogens is 250 g/mol. The lowest BCUT2D eigenvalue weighted by atomic mass is 9.89. The fourth-order valence-corrected chi connectivity index (χ4v) is 3.21. The van der Waals surface area contributed by atoms with E-state index >= 15 is 0 Å². The first-order chi connectivity index (χ1) is 7.93. The summed E-state index contributed by atoms with van der Waals surface area (Å²) in [6.07, 6.45) is 0. The second-order valence-corrected chi connectivity index (χ2v) is 5.92. The average molecular weight is 266 g/mol. The van der Waals surface area contributed by atoms with Crippen molar-refractivity contribution in [2.75, 3.05) is 0 Å². The molecule has 90 valence electrons. The molecule has 2 N–H and O–H groups in total. The fraction of sp³-hybridized carbons (Fsp3) is 0.286. The number of benzene rings is 1. The maximum atomic E-state index is 6.45. The molecule has 2 rings (SSSR count). The Morgan fingerprint density at radius 1 is 1.18 bits per heavy atom. The minimum atomic E-state index is -0.524. The van der Waals surface area contributed by atoms with Gasteiger partial charge in [-0.2, -0.15) is 0 Å². The average Bonchev–Trinajstić information content (AvgIpc) is 2.69. The monoisotopic (exact) mass is 265 g/mol. The van der Waals surface area contributed by atoms with Gasteiger partial charge < -0.3 is 5.73 Å². The molecule has 1 aromatic heterocycles. The Bertz CT molecular complexity index is 543. The van der Waals surface area contributed by atoms with Gasteiger partial charge in [0.1, 0.15) is 0 Å². The quantitative estimate of drug-likeness (QED) is 0.864. The lowest BCUT2D eigenvalue weighted by Gasteiger charge is -2.25. The molecule has 1 nitrogen and oxygen atoms in total. The van der Waals surface area contributed by atoms with Gasteiger partial charge in [-0.15, -0.1) is 11.3 Å². The molecule has 0 bridgehead atoms. The molecule has 0 saturated carbocycles. The van der Waals surface area contributed by atoms with Crippen molar-refractivity contribution in [3.8, 4) is 0 Å². The minimum absolute atomic E-state index is 0.524. The standard InChI is InChI=1S/C14H16ClNS/c1-9-4-5-11(8-10(9)2)14(3,16)13-12(15)6-7-17-13/h4-8H,16H2,1-3H3. The maximum absolute atomic E-state index is 6.45. The van der Waals surface area contributed by atoms with E-state index in [-0.39, 0.29) is 0 Å². The summed E-state index contributed by atoms with van der Waals surface area (Å²) in [7, 11) is 0. The number of thiophene rings is 1. The van der Waals surface area contributed by atoms with Crippen LogP contribution in [-0.2, 0) is 5.54 Å². The van der Waals surface area contributed by atoms with Crippen LogP contribution in [0.2, 0.25) is 5.02 Å². The zero-order valence-corrected chi connectivity index (χ0v) is 11.8. The number of hydrogen-bond acceptors (Lipinski definition) is 2. The third-order valence-corrected chi connectivity index (χ3v) is 4.77. The first-order valence-electron chi connectivity index (χ1n) is 5.53. The predicted octanol–water partition coefficient (Wildman–Crippen LogP) is 4.24. The van der Waals surface area contributed by atoms with Gasteiger partial charge in [0.15, 0.2) is 0 Å². The van der Waals surface area contributed by atoms with Crippen LogP contribution in [0.3, 0.4) is 0 Å². The molecule has 2 aromatic rings. The summed E-state index contributed by atoms with van der Waals surface area (Å²) in [5.41, 5.74) is 9.56. The Morgan fingerprint density at radius 3 is 2.41 bits per heavy atom. The van der Waals surface area contributed by atoms with Crippen LogP contribution in [0.15, 0.2) is 29.6 Å². The molecule has 17 heavy (non-hydrogen) atoms. The molecule has 0 amide bonds. The van der Waals surface area contributed by atoms with Crippen molar-refractivity contribution >= 4 is 22.9 Å². The van der Waals surface area contributed by atoms with Gasteiger partial charge in [-0.1, -0.05) is 29.8 Å². The van der Waals surface area contributed by atoms with Crippen molar-refractivity contribution in [1.82, 2.24) is 0 Å². The summed E-state index contributed by atoms with van der Waals surface area (Å²) >= 11 is 7.78. The van der Waals surface area contributed by atoms with E-state index in [4.69, 9.17) is 17.3 Å². The molecule has 3 heteroatoms. The summed E-state index contributed by atoms with van der Waals surface area (Å²) in [5, 5.41) is 2.72. The third-order valence-electron chi connectivity index (χ3n) is 3.20. The van der Waals surface area contributed by atoms with Crippen LogP contribution in [0.5, 0.6) is 0 Å². The van der Waals surface area contributed by atoms with Crippen LogP contribution in [0.1, 0.15) is 28.5 Å². The lowest BCUT2D eigenvalue weighted by Crippen LogP contribution is -2.33. The van der Waals surface area contributed by atoms with E-state index in [1.165, 1.54) is 11.1 Å². The van der Waals surface area contributed by atoms with E-state index in [1.54, 1.807) is 11.3 Å². The van der Waals surface area contributed by atoms with E-state index in [0.717, 1.165) is 15.5 Å². The topological polar surface area (TPSA) is 26.0 Å². The number of rotatable bonds is 2. The summed E-state index contributed by atoms with van der Waals surface area (Å²) in [6.45, 7) is 6.21. The molecule has 0 fully saturated rings. The van der Waals surface area contributed by atoms with Gasteiger partial charge in [0.2, 0.25) is 0 Å². The number of aryl methyl sites for hydroxylation is 2. The second-order valence-electron chi connectivity index (χ2n) is 4.60. The predicted molar refractivity (Wildman–Crippen MR) is 75.9 cm³/mol. The van der Waals surface area contributed by atoms with Gasteiger partial charge in [-0.25, -0.2) is 0 Å². The number of hydrogen-bond donors (Lipinski definition) is 1. The van der Waals surface area contributed by atoms with Gasteiger partial charge in [0, 0.05) is 4.88 Å². The first kappa shape index (κ1) is 12.6. The van der Waals surface area contributed by atoms with Gasteiger partial charge in [0.25, 0.3) is 0 Å². The van der Waals surface area contributed by atoms with Crippen molar-refractivity contribution in [2.45, 2.75) is 26.3 Å². The van der Waals surface area contributed by atoms with Gasteiger partial charge in [-0.05, 0) is 48.9 Å². The van der Waals surface area contributed by atoms with E-state index in [2.05, 4.69) is 32.0 Å². The Kier molecular flexibility index (Phi) is 3.30. The highest BCUT2D eigenvalue weighted by molar-refractivity contribution is 7.10. The van der Waals surface area contributed by atoms with Crippen LogP contribution in [0.4, 0.5) is 0 Å². The third kappa shape index (κ3) is 2.25. The molecule has 1 aromatic carbocycles. The summed E-state index contributed by atoms with van der Waals surface area (Å²) in [4.78, 5) is 1.02. The van der Waals surface area contributed by atoms with E-state index in [9.17, 15) is 0 Å². The first-order valence-corrected chi connectivity index (χ1v) is 6.79. The van der Waals surface area contributed by atoms with Crippen LogP contribution in [0, 0.1) is 13.8 Å². The highest BCUT2D eigenvalue weighted by atomic mass is 35.5. The van der Waals surface area contributed by atoms with Gasteiger partial charge >= 0.3 is 0 Å². The molecular formula is C14H16ClNS. The number of halogens is 1. The molecule has 1 unspecified atom stereocenters. The van der Waals surface area contributed by atoms with Crippen molar-refractivity contribution in [3.05, 3.63) is 56.2 Å². The molecule has 0 saturated heterocycles. The van der Waals surface area contributed by atoms with Crippen LogP contribution >= 0.6 is 22.9 Å². The van der Waals surface area contributed by atoms with Crippen LogP contribution in [0.25, 0.3) is 0 Å². The normalized spacial score (nSPS) is 14.6. The van der Waals surface area contributed by atoms with Crippen LogP contribution in [-0.4, -0.2) is 0 Å². The maximum Gasteiger partial charge on any atom is 0.0745 e. The number of nitrogens with two attached hydrogens (primary N) is 1. The van der Waals surface area contributed by atoms with E-state index < -0.39 is 5.54 Å². The van der Waals surface area contributed by atoms with Gasteiger partial charge in [0.05, 0.1) is 10.6 Å². The van der Waals surface area contributed by atoms with Crippen molar-refractivity contribution < 1.29 is 0 Å². The largest absolute Gasteiger partial charge is 0.317 e. The molecule has 0 aliphatic heterocycles. The smallest absolute Gasteiger partial charge is 0.0745 e. The van der Waals surface area contributed by atoms with Crippen LogP contribution < -0.4 is 5.73 Å². The van der Waals surface area contributed by atoms with Crippen molar-refractivity contribution in [2.24, 2.45) is 5.73 Å². The molecule has 1 atom stereocenters. The summed E-state index contributed by atoms with van der Waals surface area (Å²) in [5.74, 6) is 0. The Balaban J connectivity index is 2.51. The SMILES string of the molecule is Cc1ccc(C(C)(N)c2sccc2Cl)cc1C. The van der Waals surface area contributed by atoms with Crippen molar-refractivity contribution in [1.29, 1.82) is 0 Å². The zero-order valence-electron chi connectivity index (χ0n) is 10.3. The molecule has 0 aliphatic carbocycles. The molecule has 0 spiro atoms. The summed E-state index contributed by atoms with van der Waals surface area (Å²) < 4.78 is 0. The lowest BCUT2D eigenvalue weighted by molar-refractivity contribution is 0.616. The van der Waals surface area contributed by atoms with Crippen molar-refractivity contribution in [3.63, 3.8) is 0 Å². The van der Waals surface area contributed by atoms with Gasteiger partial charge in [-0.3, -0.25) is 0 Å². The fourth-order valence-electron chi connectivity index (χ4n) is 1.86. The minimum Gasteiger partial charge on any atom is -0.317 e. The molecule has 0 radical (unpaired) electrons. The highest BCUT2D eigenvalue weighted by Gasteiger charge is 2.27. The highest BCUT2D eigenvalue weighted by Crippen LogP contribution is 2.36. The van der Waals surface area contributed by atoms with E-state index in [1.807, 2.05) is 18.4 Å². The zero-order chi connectivity index (χ0) is 12.6. The Labute approximate surface area is 111 Å². The summed E-state index contributed by atoms with van der Waals surface area (Å²) in [6, 6.07) is 8.23.